The molecule has 2 aromatic carbocycles. The van der Waals surface area contributed by atoms with Gasteiger partial charge in [-0.1, -0.05) is 60.7 Å². The van der Waals surface area contributed by atoms with Gasteiger partial charge >= 0.3 is 0 Å². The van der Waals surface area contributed by atoms with E-state index in [1.165, 1.54) is 11.1 Å². The lowest BCUT2D eigenvalue weighted by Crippen LogP contribution is -2.15. The number of nitrogens with zero attached hydrogens (tertiary/aromatic N) is 3. The third-order valence-corrected chi connectivity index (χ3v) is 4.58. The van der Waals surface area contributed by atoms with Gasteiger partial charge in [0.15, 0.2) is 0 Å². The van der Waals surface area contributed by atoms with Gasteiger partial charge in [-0.3, -0.25) is 9.48 Å². The standard InChI is InChI=1S/C24H22N4O/c29-24(15-22-16-26-28(18-22)17-20-9-5-2-6-10-20)27-23-14-21(11-12-25-23)13-19-7-3-1-4-8-19/h1-12,14,16,18H,13,15,17H2,(H,25,27,29). The summed E-state index contributed by atoms with van der Waals surface area (Å²) in [7, 11) is 0. The van der Waals surface area contributed by atoms with Crippen molar-refractivity contribution < 1.29 is 4.79 Å². The molecule has 0 atom stereocenters. The maximum Gasteiger partial charge on any atom is 0.230 e. The fourth-order valence-corrected chi connectivity index (χ4v) is 3.21. The Morgan fingerprint density at radius 2 is 1.59 bits per heavy atom. The lowest BCUT2D eigenvalue weighted by atomic mass is 10.1. The summed E-state index contributed by atoms with van der Waals surface area (Å²) >= 11 is 0. The Bertz CT molecular complexity index is 1070. The Morgan fingerprint density at radius 3 is 2.34 bits per heavy atom. The fourth-order valence-electron chi connectivity index (χ4n) is 3.21. The first-order valence-electron chi connectivity index (χ1n) is 9.58. The van der Waals surface area contributed by atoms with Crippen LogP contribution in [0.1, 0.15) is 22.3 Å². The van der Waals surface area contributed by atoms with E-state index in [1.54, 1.807) is 12.4 Å². The lowest BCUT2D eigenvalue weighted by molar-refractivity contribution is -0.115. The predicted molar refractivity (Wildman–Crippen MR) is 114 cm³/mol. The van der Waals surface area contributed by atoms with Crippen molar-refractivity contribution in [3.8, 4) is 0 Å². The molecule has 0 aliphatic carbocycles. The number of benzene rings is 2. The Kier molecular flexibility index (Phi) is 5.76. The highest BCUT2D eigenvalue weighted by Crippen LogP contribution is 2.13. The maximum atomic E-state index is 12.4. The third-order valence-electron chi connectivity index (χ3n) is 4.58. The quantitative estimate of drug-likeness (QED) is 0.524. The van der Waals surface area contributed by atoms with Crippen molar-refractivity contribution in [2.75, 3.05) is 5.32 Å². The minimum absolute atomic E-state index is 0.103. The molecule has 2 heterocycles. The summed E-state index contributed by atoms with van der Waals surface area (Å²) in [4.78, 5) is 16.7. The van der Waals surface area contributed by atoms with Gasteiger partial charge in [0.05, 0.1) is 19.2 Å². The number of amides is 1. The molecule has 0 unspecified atom stereocenters. The average molecular weight is 382 g/mol. The summed E-state index contributed by atoms with van der Waals surface area (Å²) in [6.07, 6.45) is 6.44. The van der Waals surface area contributed by atoms with E-state index in [0.29, 0.717) is 12.4 Å². The van der Waals surface area contributed by atoms with E-state index in [2.05, 4.69) is 39.7 Å². The minimum Gasteiger partial charge on any atom is -0.310 e. The monoisotopic (exact) mass is 382 g/mol. The molecule has 2 aromatic heterocycles. The molecular weight excluding hydrogens is 360 g/mol. The average Bonchev–Trinajstić information content (AvgIpc) is 3.16. The van der Waals surface area contributed by atoms with E-state index in [0.717, 1.165) is 17.5 Å². The molecular formula is C24H22N4O. The summed E-state index contributed by atoms with van der Waals surface area (Å²) < 4.78 is 1.84. The number of rotatable bonds is 7. The van der Waals surface area contributed by atoms with E-state index in [-0.39, 0.29) is 12.3 Å². The number of hydrogen-bond donors (Lipinski definition) is 1. The van der Waals surface area contributed by atoms with Gasteiger partial charge in [0.1, 0.15) is 5.82 Å². The zero-order valence-corrected chi connectivity index (χ0v) is 16.0. The first kappa shape index (κ1) is 18.6. The molecule has 0 saturated carbocycles. The van der Waals surface area contributed by atoms with Crippen molar-refractivity contribution in [2.45, 2.75) is 19.4 Å². The van der Waals surface area contributed by atoms with Crippen LogP contribution in [0, 0.1) is 0 Å². The molecule has 1 N–H and O–H groups in total. The van der Waals surface area contributed by atoms with Gasteiger partial charge in [-0.05, 0) is 40.8 Å². The Labute approximate surface area is 170 Å². The van der Waals surface area contributed by atoms with Crippen LogP contribution >= 0.6 is 0 Å². The summed E-state index contributed by atoms with van der Waals surface area (Å²) in [6.45, 7) is 0.686. The van der Waals surface area contributed by atoms with Gasteiger partial charge in [0.2, 0.25) is 5.91 Å². The maximum absolute atomic E-state index is 12.4. The molecule has 0 saturated heterocycles. The number of carbonyl (C=O) groups excluding carboxylic acids is 1. The second kappa shape index (κ2) is 8.97. The molecule has 144 valence electrons. The zero-order chi connectivity index (χ0) is 19.9. The van der Waals surface area contributed by atoms with Crippen LogP contribution in [-0.2, 0) is 24.2 Å². The van der Waals surface area contributed by atoms with Crippen molar-refractivity contribution >= 4 is 11.7 Å². The van der Waals surface area contributed by atoms with Crippen molar-refractivity contribution in [3.05, 3.63) is 114 Å². The number of pyridine rings is 1. The van der Waals surface area contributed by atoms with Crippen LogP contribution in [0.15, 0.2) is 91.4 Å². The van der Waals surface area contributed by atoms with Gasteiger partial charge in [-0.25, -0.2) is 4.98 Å². The van der Waals surface area contributed by atoms with Crippen molar-refractivity contribution in [1.82, 2.24) is 14.8 Å². The summed E-state index contributed by atoms with van der Waals surface area (Å²) in [5.41, 5.74) is 4.38. The smallest absolute Gasteiger partial charge is 0.230 e. The normalized spacial score (nSPS) is 10.6. The Balaban J connectivity index is 1.35. The van der Waals surface area contributed by atoms with Crippen molar-refractivity contribution in [2.24, 2.45) is 0 Å². The van der Waals surface area contributed by atoms with Crippen LogP contribution in [0.25, 0.3) is 0 Å². The van der Waals surface area contributed by atoms with Crippen LogP contribution in [0.2, 0.25) is 0 Å². The topological polar surface area (TPSA) is 59.8 Å². The summed E-state index contributed by atoms with van der Waals surface area (Å²) in [6, 6.07) is 24.2. The predicted octanol–water partition coefficient (Wildman–Crippen LogP) is 4.10. The minimum atomic E-state index is -0.103. The SMILES string of the molecule is O=C(Cc1cnn(Cc2ccccc2)c1)Nc1cc(Cc2ccccc2)ccn1. The van der Waals surface area contributed by atoms with Crippen molar-refractivity contribution in [3.63, 3.8) is 0 Å². The van der Waals surface area contributed by atoms with Crippen LogP contribution in [0.4, 0.5) is 5.82 Å². The zero-order valence-electron chi connectivity index (χ0n) is 16.0. The van der Waals surface area contributed by atoms with Gasteiger partial charge in [0.25, 0.3) is 0 Å². The highest BCUT2D eigenvalue weighted by Gasteiger charge is 2.08. The number of carbonyl (C=O) groups is 1. The van der Waals surface area contributed by atoms with Gasteiger partial charge in [-0.2, -0.15) is 5.10 Å². The number of hydrogen-bond acceptors (Lipinski definition) is 3. The fraction of sp³-hybridized carbons (Fsp3) is 0.125. The third kappa shape index (κ3) is 5.39. The Hall–Kier alpha value is -3.73. The van der Waals surface area contributed by atoms with Crippen molar-refractivity contribution in [1.29, 1.82) is 0 Å². The molecule has 0 aliphatic heterocycles. The van der Waals surface area contributed by atoms with E-state index < -0.39 is 0 Å². The lowest BCUT2D eigenvalue weighted by Gasteiger charge is -2.06. The van der Waals surface area contributed by atoms with Crippen LogP contribution < -0.4 is 5.32 Å². The Morgan fingerprint density at radius 1 is 0.862 bits per heavy atom. The van der Waals surface area contributed by atoms with Gasteiger partial charge < -0.3 is 5.32 Å². The number of anilines is 1. The first-order chi connectivity index (χ1) is 14.2. The summed E-state index contributed by atoms with van der Waals surface area (Å²) in [5.74, 6) is 0.466. The number of aromatic nitrogens is 3. The molecule has 5 nitrogen and oxygen atoms in total. The molecule has 0 spiro atoms. The molecule has 5 heteroatoms. The first-order valence-corrected chi connectivity index (χ1v) is 9.58. The molecule has 4 rings (SSSR count). The molecule has 0 aliphatic rings. The highest BCUT2D eigenvalue weighted by atomic mass is 16.1. The highest BCUT2D eigenvalue weighted by molar-refractivity contribution is 5.91. The molecule has 0 fully saturated rings. The number of nitrogens with one attached hydrogen (secondary N) is 1. The summed E-state index contributed by atoms with van der Waals surface area (Å²) in [5, 5.41) is 7.24. The van der Waals surface area contributed by atoms with E-state index >= 15 is 0 Å². The molecule has 0 radical (unpaired) electrons. The van der Waals surface area contributed by atoms with Crippen LogP contribution in [0.5, 0.6) is 0 Å². The van der Waals surface area contributed by atoms with E-state index in [1.807, 2.05) is 59.4 Å². The van der Waals surface area contributed by atoms with E-state index in [4.69, 9.17) is 0 Å². The second-order valence-electron chi connectivity index (χ2n) is 6.97. The largest absolute Gasteiger partial charge is 0.310 e. The van der Waals surface area contributed by atoms with Crippen LogP contribution in [0.3, 0.4) is 0 Å². The molecule has 4 aromatic rings. The second-order valence-corrected chi connectivity index (χ2v) is 6.97. The van der Waals surface area contributed by atoms with Gasteiger partial charge in [-0.15, -0.1) is 0 Å². The van der Waals surface area contributed by atoms with Gasteiger partial charge in [0, 0.05) is 12.4 Å². The van der Waals surface area contributed by atoms with Crippen LogP contribution in [-0.4, -0.2) is 20.7 Å². The van der Waals surface area contributed by atoms with E-state index in [9.17, 15) is 4.79 Å². The molecule has 0 bridgehead atoms. The molecule has 29 heavy (non-hydrogen) atoms. The molecule has 1 amide bonds.